The van der Waals surface area contributed by atoms with Crippen molar-refractivity contribution in [1.29, 1.82) is 0 Å². The minimum atomic E-state index is -0.716. The summed E-state index contributed by atoms with van der Waals surface area (Å²) in [6, 6.07) is 0. The van der Waals surface area contributed by atoms with Crippen LogP contribution in [0, 0.1) is 10.8 Å². The first-order valence-electron chi connectivity index (χ1n) is 4.68. The zero-order valence-corrected chi connectivity index (χ0v) is 8.76. The highest BCUT2D eigenvalue weighted by molar-refractivity contribution is 5.80. The largest absolute Gasteiger partial charge is 0.481 e. The van der Waals surface area contributed by atoms with Crippen molar-refractivity contribution in [2.45, 2.75) is 39.7 Å². The van der Waals surface area contributed by atoms with Gasteiger partial charge in [-0.05, 0) is 18.3 Å². The van der Waals surface area contributed by atoms with Crippen molar-refractivity contribution >= 4 is 5.97 Å². The van der Waals surface area contributed by atoms with Gasteiger partial charge in [0.15, 0.2) is 0 Å². The van der Waals surface area contributed by atoms with E-state index in [2.05, 4.69) is 0 Å². The molecule has 0 aliphatic heterocycles. The second-order valence-electron chi connectivity index (χ2n) is 4.47. The Labute approximate surface area is 79.1 Å². The summed E-state index contributed by atoms with van der Waals surface area (Å²) in [4.78, 5) is 11.2. The number of carbonyl (C=O) groups is 1. The van der Waals surface area contributed by atoms with Gasteiger partial charge in [-0.15, -0.1) is 0 Å². The third-order valence-electron chi connectivity index (χ3n) is 3.39. The predicted molar refractivity (Wildman–Crippen MR) is 49.6 cm³/mol. The smallest absolute Gasteiger partial charge is 0.312 e. The minimum Gasteiger partial charge on any atom is -0.481 e. The molecule has 1 saturated carbocycles. The molecule has 1 aliphatic carbocycles. The summed E-state index contributed by atoms with van der Waals surface area (Å²) < 4.78 is 5.24. The van der Waals surface area contributed by atoms with E-state index in [-0.39, 0.29) is 11.5 Å². The lowest BCUT2D eigenvalue weighted by Crippen LogP contribution is -2.35. The quantitative estimate of drug-likeness (QED) is 0.729. The molecule has 0 aromatic heterocycles. The molecule has 1 rings (SSSR count). The number of carboxylic acids is 1. The molecule has 76 valence electrons. The molecule has 2 unspecified atom stereocenters. The maximum atomic E-state index is 11.2. The van der Waals surface area contributed by atoms with Crippen LogP contribution >= 0.6 is 0 Å². The number of hydrogen-bond acceptors (Lipinski definition) is 2. The molecular formula is C10H18O3. The van der Waals surface area contributed by atoms with E-state index < -0.39 is 11.4 Å². The normalized spacial score (nSPS) is 32.6. The summed E-state index contributed by atoms with van der Waals surface area (Å²) in [5, 5.41) is 9.19. The molecule has 1 N–H and O–H groups in total. The fraction of sp³-hybridized carbons (Fsp3) is 0.900. The Hall–Kier alpha value is -0.570. The van der Waals surface area contributed by atoms with Gasteiger partial charge in [0, 0.05) is 7.11 Å². The summed E-state index contributed by atoms with van der Waals surface area (Å²) in [5.74, 6) is -0.716. The molecule has 0 bridgehead atoms. The fourth-order valence-electron chi connectivity index (χ4n) is 2.42. The SMILES string of the molecule is CCC(OC)C1(C(=O)O)CC1(C)C. The van der Waals surface area contributed by atoms with Gasteiger partial charge in [0.05, 0.1) is 11.5 Å². The summed E-state index contributed by atoms with van der Waals surface area (Å²) in [6.07, 6.45) is 1.33. The van der Waals surface area contributed by atoms with Crippen molar-refractivity contribution in [1.82, 2.24) is 0 Å². The molecule has 2 atom stereocenters. The Morgan fingerprint density at radius 3 is 2.15 bits per heavy atom. The topological polar surface area (TPSA) is 46.5 Å². The van der Waals surface area contributed by atoms with Gasteiger partial charge in [0.25, 0.3) is 0 Å². The summed E-state index contributed by atoms with van der Waals surface area (Å²) in [5.41, 5.74) is -0.758. The van der Waals surface area contributed by atoms with Crippen molar-refractivity contribution in [3.8, 4) is 0 Å². The number of hydrogen-bond donors (Lipinski definition) is 1. The monoisotopic (exact) mass is 186 g/mol. The molecule has 3 heteroatoms. The molecule has 13 heavy (non-hydrogen) atoms. The average Bonchev–Trinajstić information content (AvgIpc) is 2.58. The molecule has 0 aromatic rings. The van der Waals surface area contributed by atoms with E-state index >= 15 is 0 Å². The zero-order chi connectivity index (χ0) is 10.3. The first kappa shape index (κ1) is 10.5. The lowest BCUT2D eigenvalue weighted by Gasteiger charge is -2.24. The first-order chi connectivity index (χ1) is 5.92. The van der Waals surface area contributed by atoms with E-state index in [1.54, 1.807) is 7.11 Å². The maximum Gasteiger partial charge on any atom is 0.312 e. The highest BCUT2D eigenvalue weighted by Crippen LogP contribution is 2.66. The third kappa shape index (κ3) is 1.26. The summed E-state index contributed by atoms with van der Waals surface area (Å²) in [7, 11) is 1.59. The Kier molecular flexibility index (Phi) is 2.41. The summed E-state index contributed by atoms with van der Waals surface area (Å²) in [6.45, 7) is 5.94. The average molecular weight is 186 g/mol. The minimum absolute atomic E-state index is 0.116. The molecule has 0 saturated heterocycles. The summed E-state index contributed by atoms with van der Waals surface area (Å²) >= 11 is 0. The highest BCUT2D eigenvalue weighted by atomic mass is 16.5. The Balaban J connectivity index is 2.89. The van der Waals surface area contributed by atoms with Crippen LogP contribution in [-0.2, 0) is 9.53 Å². The van der Waals surface area contributed by atoms with Crippen LogP contribution in [-0.4, -0.2) is 24.3 Å². The fourth-order valence-corrected chi connectivity index (χ4v) is 2.42. The van der Waals surface area contributed by atoms with Crippen molar-refractivity contribution in [3.05, 3.63) is 0 Å². The van der Waals surface area contributed by atoms with Crippen molar-refractivity contribution < 1.29 is 14.6 Å². The first-order valence-corrected chi connectivity index (χ1v) is 4.68. The Morgan fingerprint density at radius 2 is 2.08 bits per heavy atom. The second-order valence-corrected chi connectivity index (χ2v) is 4.47. The molecule has 0 amide bonds. The molecule has 1 fully saturated rings. The molecule has 0 aromatic carbocycles. The highest BCUT2D eigenvalue weighted by Gasteiger charge is 2.70. The van der Waals surface area contributed by atoms with Crippen molar-refractivity contribution in [2.24, 2.45) is 10.8 Å². The van der Waals surface area contributed by atoms with Crippen LogP contribution < -0.4 is 0 Å². The van der Waals surface area contributed by atoms with Gasteiger partial charge in [-0.1, -0.05) is 20.8 Å². The van der Waals surface area contributed by atoms with Gasteiger partial charge in [-0.3, -0.25) is 4.79 Å². The number of methoxy groups -OCH3 is 1. The van der Waals surface area contributed by atoms with Gasteiger partial charge in [-0.25, -0.2) is 0 Å². The molecule has 0 heterocycles. The van der Waals surface area contributed by atoms with Crippen LogP contribution in [0.3, 0.4) is 0 Å². The van der Waals surface area contributed by atoms with E-state index in [1.807, 2.05) is 20.8 Å². The Bertz CT molecular complexity index is 218. The van der Waals surface area contributed by atoms with Crippen LogP contribution in [0.2, 0.25) is 0 Å². The number of ether oxygens (including phenoxy) is 1. The van der Waals surface area contributed by atoms with E-state index in [0.717, 1.165) is 12.8 Å². The maximum absolute atomic E-state index is 11.2. The number of aliphatic carboxylic acids is 1. The molecule has 0 spiro atoms. The van der Waals surface area contributed by atoms with E-state index in [4.69, 9.17) is 4.74 Å². The van der Waals surface area contributed by atoms with Crippen LogP contribution in [0.25, 0.3) is 0 Å². The lowest BCUT2D eigenvalue weighted by molar-refractivity contribution is -0.151. The van der Waals surface area contributed by atoms with Gasteiger partial charge >= 0.3 is 5.97 Å². The number of carboxylic acid groups (broad SMARTS) is 1. The van der Waals surface area contributed by atoms with Crippen LogP contribution in [0.5, 0.6) is 0 Å². The standard InChI is InChI=1S/C10H18O3/c1-5-7(13-4)10(8(11)12)6-9(10,2)3/h7H,5-6H2,1-4H3,(H,11,12). The van der Waals surface area contributed by atoms with Crippen LogP contribution in [0.4, 0.5) is 0 Å². The predicted octanol–water partition coefficient (Wildman–Crippen LogP) is 1.91. The van der Waals surface area contributed by atoms with Crippen molar-refractivity contribution in [2.75, 3.05) is 7.11 Å². The number of rotatable bonds is 4. The third-order valence-corrected chi connectivity index (χ3v) is 3.39. The second kappa shape index (κ2) is 2.98. The van der Waals surface area contributed by atoms with Gasteiger partial charge in [-0.2, -0.15) is 0 Å². The molecule has 0 radical (unpaired) electrons. The molecule has 3 nitrogen and oxygen atoms in total. The lowest BCUT2D eigenvalue weighted by atomic mass is 9.88. The zero-order valence-electron chi connectivity index (χ0n) is 8.76. The van der Waals surface area contributed by atoms with E-state index in [0.29, 0.717) is 0 Å². The van der Waals surface area contributed by atoms with E-state index in [1.165, 1.54) is 0 Å². The van der Waals surface area contributed by atoms with Crippen LogP contribution in [0.1, 0.15) is 33.6 Å². The van der Waals surface area contributed by atoms with Gasteiger partial charge in [0.2, 0.25) is 0 Å². The van der Waals surface area contributed by atoms with E-state index in [9.17, 15) is 9.90 Å². The molecular weight excluding hydrogens is 168 g/mol. The van der Waals surface area contributed by atoms with Gasteiger partial charge < -0.3 is 9.84 Å². The molecule has 1 aliphatic rings. The Morgan fingerprint density at radius 1 is 1.62 bits per heavy atom. The van der Waals surface area contributed by atoms with Gasteiger partial charge in [0.1, 0.15) is 0 Å². The van der Waals surface area contributed by atoms with Crippen molar-refractivity contribution in [3.63, 3.8) is 0 Å². The van der Waals surface area contributed by atoms with Crippen LogP contribution in [0.15, 0.2) is 0 Å².